The summed E-state index contributed by atoms with van der Waals surface area (Å²) in [6, 6.07) is 5.89. The van der Waals surface area contributed by atoms with Gasteiger partial charge in [0.25, 0.3) is 5.91 Å². The van der Waals surface area contributed by atoms with Crippen LogP contribution in [-0.2, 0) is 14.3 Å². The van der Waals surface area contributed by atoms with Crippen molar-refractivity contribution in [2.24, 2.45) is 5.73 Å². The second-order valence-corrected chi connectivity index (χ2v) is 7.12. The summed E-state index contributed by atoms with van der Waals surface area (Å²) in [4.78, 5) is 31.8. The van der Waals surface area contributed by atoms with E-state index in [4.69, 9.17) is 20.5 Å². The van der Waals surface area contributed by atoms with Crippen LogP contribution in [0.3, 0.4) is 0 Å². The highest BCUT2D eigenvalue weighted by atomic mass is 16.6. The molecule has 3 rings (SSSR count). The molecule has 150 valence electrons. The molecule has 3 heterocycles. The van der Waals surface area contributed by atoms with Gasteiger partial charge in [-0.05, 0) is 31.9 Å². The molecular weight excluding hydrogens is 362 g/mol. The van der Waals surface area contributed by atoms with Gasteiger partial charge in [0.05, 0.1) is 12.2 Å². The van der Waals surface area contributed by atoms with Crippen LogP contribution >= 0.6 is 0 Å². The van der Waals surface area contributed by atoms with Gasteiger partial charge in [-0.3, -0.25) is 4.79 Å². The number of primary amides is 1. The number of ether oxygens (including phenoxy) is 2. The fourth-order valence-corrected chi connectivity index (χ4v) is 3.72. The summed E-state index contributed by atoms with van der Waals surface area (Å²) < 4.78 is 10.5. The summed E-state index contributed by atoms with van der Waals surface area (Å²) >= 11 is 0. The molecule has 1 aromatic heterocycles. The van der Waals surface area contributed by atoms with Crippen molar-refractivity contribution in [2.45, 2.75) is 44.4 Å². The van der Waals surface area contributed by atoms with Crippen LogP contribution in [0, 0.1) is 11.3 Å². The second kappa shape index (κ2) is 8.89. The Morgan fingerprint density at radius 2 is 2.11 bits per heavy atom. The first-order valence-corrected chi connectivity index (χ1v) is 9.47. The number of aromatic nitrogens is 1. The number of rotatable bonds is 6. The van der Waals surface area contributed by atoms with Crippen molar-refractivity contribution in [1.29, 1.82) is 5.26 Å². The van der Waals surface area contributed by atoms with E-state index in [1.165, 1.54) is 0 Å². The number of hydrogen-bond donors (Lipinski definition) is 1. The van der Waals surface area contributed by atoms with E-state index in [0.717, 1.165) is 31.7 Å². The van der Waals surface area contributed by atoms with E-state index in [1.54, 1.807) is 19.2 Å². The predicted octanol–water partition coefficient (Wildman–Crippen LogP) is 1.02. The van der Waals surface area contributed by atoms with E-state index in [9.17, 15) is 9.59 Å². The van der Waals surface area contributed by atoms with E-state index >= 15 is 0 Å². The SMILES string of the molecule is C[C@@H](COC1CCN(C2CCN(c3ccc(C#N)cn3)CC2)C1=O)OC(N)=O. The summed E-state index contributed by atoms with van der Waals surface area (Å²) in [5, 5.41) is 8.87. The number of anilines is 1. The maximum absolute atomic E-state index is 12.7. The number of hydrogen-bond acceptors (Lipinski definition) is 7. The van der Waals surface area contributed by atoms with Crippen LogP contribution in [0.4, 0.5) is 10.6 Å². The van der Waals surface area contributed by atoms with E-state index < -0.39 is 18.3 Å². The third kappa shape index (κ3) is 4.70. The molecule has 9 heteroatoms. The molecule has 2 saturated heterocycles. The van der Waals surface area contributed by atoms with Gasteiger partial charge in [-0.2, -0.15) is 5.26 Å². The van der Waals surface area contributed by atoms with E-state index in [0.29, 0.717) is 18.5 Å². The largest absolute Gasteiger partial charge is 0.444 e. The Hall–Kier alpha value is -2.86. The number of carbonyl (C=O) groups is 2. The third-order valence-electron chi connectivity index (χ3n) is 5.15. The van der Waals surface area contributed by atoms with Crippen molar-refractivity contribution >= 4 is 17.8 Å². The number of carbonyl (C=O) groups excluding carboxylic acids is 2. The molecule has 2 amide bonds. The van der Waals surface area contributed by atoms with Gasteiger partial charge < -0.3 is 25.0 Å². The highest BCUT2D eigenvalue weighted by Crippen LogP contribution is 2.26. The minimum absolute atomic E-state index is 0.00113. The smallest absolute Gasteiger partial charge is 0.404 e. The molecule has 28 heavy (non-hydrogen) atoms. The average Bonchev–Trinajstić information content (AvgIpc) is 3.06. The fraction of sp³-hybridized carbons (Fsp3) is 0.579. The number of pyridine rings is 1. The van der Waals surface area contributed by atoms with Gasteiger partial charge in [0.15, 0.2) is 0 Å². The van der Waals surface area contributed by atoms with Crippen LogP contribution < -0.4 is 10.6 Å². The number of nitriles is 1. The van der Waals surface area contributed by atoms with Crippen LogP contribution in [0.2, 0.25) is 0 Å². The first-order valence-electron chi connectivity index (χ1n) is 9.47. The van der Waals surface area contributed by atoms with Crippen molar-refractivity contribution in [1.82, 2.24) is 9.88 Å². The van der Waals surface area contributed by atoms with Gasteiger partial charge in [-0.25, -0.2) is 9.78 Å². The van der Waals surface area contributed by atoms with E-state index in [-0.39, 0.29) is 18.6 Å². The highest BCUT2D eigenvalue weighted by molar-refractivity contribution is 5.83. The summed E-state index contributed by atoms with van der Waals surface area (Å²) in [5.41, 5.74) is 5.52. The molecule has 1 unspecified atom stereocenters. The number of nitrogens with two attached hydrogens (primary N) is 1. The van der Waals surface area contributed by atoms with Gasteiger partial charge in [0.2, 0.25) is 0 Å². The summed E-state index contributed by atoms with van der Waals surface area (Å²) in [5.74, 6) is 0.857. The second-order valence-electron chi connectivity index (χ2n) is 7.12. The first-order chi connectivity index (χ1) is 13.5. The summed E-state index contributed by atoms with van der Waals surface area (Å²) in [7, 11) is 0. The molecule has 2 fully saturated rings. The maximum atomic E-state index is 12.7. The lowest BCUT2D eigenvalue weighted by Gasteiger charge is -2.37. The summed E-state index contributed by atoms with van der Waals surface area (Å²) in [6.07, 6.45) is 2.12. The van der Waals surface area contributed by atoms with Crippen molar-refractivity contribution in [2.75, 3.05) is 31.1 Å². The molecule has 0 radical (unpaired) electrons. The topological polar surface area (TPSA) is 122 Å². The molecule has 0 aromatic carbocycles. The Bertz CT molecular complexity index is 740. The molecule has 0 aliphatic carbocycles. The molecule has 0 saturated carbocycles. The van der Waals surface area contributed by atoms with Crippen LogP contribution in [0.5, 0.6) is 0 Å². The van der Waals surface area contributed by atoms with Crippen LogP contribution in [0.25, 0.3) is 0 Å². The Morgan fingerprint density at radius 1 is 1.36 bits per heavy atom. The zero-order valence-electron chi connectivity index (χ0n) is 15.9. The monoisotopic (exact) mass is 387 g/mol. The lowest BCUT2D eigenvalue weighted by Crippen LogP contribution is -2.47. The van der Waals surface area contributed by atoms with E-state index in [2.05, 4.69) is 16.0 Å². The molecule has 0 bridgehead atoms. The molecule has 2 aliphatic heterocycles. The molecular formula is C19H25N5O4. The van der Waals surface area contributed by atoms with Gasteiger partial charge in [0.1, 0.15) is 24.1 Å². The lowest BCUT2D eigenvalue weighted by atomic mass is 10.0. The number of nitrogens with zero attached hydrogens (tertiary/aromatic N) is 4. The van der Waals surface area contributed by atoms with Gasteiger partial charge >= 0.3 is 6.09 Å². The minimum atomic E-state index is -0.848. The zero-order valence-corrected chi connectivity index (χ0v) is 15.9. The molecule has 2 N–H and O–H groups in total. The van der Waals surface area contributed by atoms with Crippen molar-refractivity contribution in [3.63, 3.8) is 0 Å². The van der Waals surface area contributed by atoms with Gasteiger partial charge in [-0.1, -0.05) is 0 Å². The van der Waals surface area contributed by atoms with Crippen molar-refractivity contribution < 1.29 is 19.1 Å². The molecule has 2 aliphatic rings. The van der Waals surface area contributed by atoms with Gasteiger partial charge in [-0.15, -0.1) is 0 Å². The molecule has 1 aromatic rings. The molecule has 2 atom stereocenters. The third-order valence-corrected chi connectivity index (χ3v) is 5.15. The van der Waals surface area contributed by atoms with Crippen LogP contribution in [-0.4, -0.2) is 66.4 Å². The van der Waals surface area contributed by atoms with Gasteiger partial charge in [0, 0.05) is 38.3 Å². The summed E-state index contributed by atoms with van der Waals surface area (Å²) in [6.45, 7) is 4.11. The predicted molar refractivity (Wildman–Crippen MR) is 100 cm³/mol. The Balaban J connectivity index is 1.47. The van der Waals surface area contributed by atoms with Crippen LogP contribution in [0.15, 0.2) is 18.3 Å². The first kappa shape index (κ1) is 19.9. The lowest BCUT2D eigenvalue weighted by molar-refractivity contribution is -0.140. The molecule has 9 nitrogen and oxygen atoms in total. The van der Waals surface area contributed by atoms with E-state index in [1.807, 2.05) is 11.0 Å². The van der Waals surface area contributed by atoms with Crippen molar-refractivity contribution in [3.05, 3.63) is 23.9 Å². The average molecular weight is 387 g/mol. The maximum Gasteiger partial charge on any atom is 0.404 e. The quantitative estimate of drug-likeness (QED) is 0.773. The fourth-order valence-electron chi connectivity index (χ4n) is 3.72. The van der Waals surface area contributed by atoms with Crippen LogP contribution in [0.1, 0.15) is 31.7 Å². The zero-order chi connectivity index (χ0) is 20.1. The standard InChI is InChI=1S/C19H25N5O4/c1-13(28-19(21)26)12-27-16-6-9-24(18(16)25)15-4-7-23(8-5-15)17-3-2-14(10-20)11-22-17/h2-3,11,13,15-16H,4-9,12H2,1H3,(H2,21,26)/t13-,16?/m0/s1. The Labute approximate surface area is 164 Å². The molecule has 0 spiro atoms. The number of piperidine rings is 1. The van der Waals surface area contributed by atoms with Crippen molar-refractivity contribution in [3.8, 4) is 6.07 Å². The highest BCUT2D eigenvalue weighted by Gasteiger charge is 2.38. The Morgan fingerprint density at radius 3 is 2.71 bits per heavy atom. The minimum Gasteiger partial charge on any atom is -0.444 e. The number of likely N-dealkylation sites (tertiary alicyclic amines) is 1. The number of amides is 2. The normalized spacial score (nSPS) is 21.4. The Kier molecular flexibility index (Phi) is 6.31.